The van der Waals surface area contributed by atoms with Crippen molar-refractivity contribution < 1.29 is 0 Å². The zero-order chi connectivity index (χ0) is 14.8. The van der Waals surface area contributed by atoms with Gasteiger partial charge in [0.2, 0.25) is 0 Å². The van der Waals surface area contributed by atoms with Crippen molar-refractivity contribution in [2.24, 2.45) is 23.0 Å². The Morgan fingerprint density at radius 1 is 1.15 bits per heavy atom. The molecule has 1 aromatic carbocycles. The topological polar surface area (TPSA) is 26.0 Å². The molecule has 0 aromatic heterocycles. The van der Waals surface area contributed by atoms with Crippen LogP contribution in [0.1, 0.15) is 57.9 Å². The molecule has 1 aliphatic carbocycles. The molecular weight excluding hydrogens is 266 g/mol. The lowest BCUT2D eigenvalue weighted by atomic mass is 9.66. The van der Waals surface area contributed by atoms with Gasteiger partial charge in [0.05, 0.1) is 0 Å². The molecule has 2 heteroatoms. The second-order valence-corrected chi connectivity index (χ2v) is 7.75. The average molecular weight is 294 g/mol. The first-order valence-electron chi connectivity index (χ1n) is 7.88. The van der Waals surface area contributed by atoms with E-state index in [4.69, 9.17) is 17.3 Å². The summed E-state index contributed by atoms with van der Waals surface area (Å²) in [5, 5.41) is 0.876. The van der Waals surface area contributed by atoms with Gasteiger partial charge in [-0.15, -0.1) is 0 Å². The Bertz CT molecular complexity index is 427. The Morgan fingerprint density at radius 3 is 2.25 bits per heavy atom. The first kappa shape index (κ1) is 15.9. The van der Waals surface area contributed by atoms with Crippen molar-refractivity contribution in [2.75, 3.05) is 6.54 Å². The zero-order valence-electron chi connectivity index (χ0n) is 13.0. The van der Waals surface area contributed by atoms with Crippen LogP contribution in [0, 0.1) is 17.3 Å². The van der Waals surface area contributed by atoms with Crippen LogP contribution in [0.3, 0.4) is 0 Å². The number of hydrogen-bond donors (Lipinski definition) is 1. The maximum atomic E-state index is 6.36. The highest BCUT2D eigenvalue weighted by Crippen LogP contribution is 2.44. The van der Waals surface area contributed by atoms with E-state index in [-0.39, 0.29) is 0 Å². The molecule has 2 rings (SSSR count). The number of nitrogens with two attached hydrogens (primary N) is 1. The van der Waals surface area contributed by atoms with Gasteiger partial charge >= 0.3 is 0 Å². The van der Waals surface area contributed by atoms with Crippen LogP contribution in [0.5, 0.6) is 0 Å². The van der Waals surface area contributed by atoms with Crippen molar-refractivity contribution in [2.45, 2.75) is 52.4 Å². The van der Waals surface area contributed by atoms with Crippen LogP contribution < -0.4 is 5.73 Å². The number of benzene rings is 1. The van der Waals surface area contributed by atoms with Crippen LogP contribution in [-0.2, 0) is 0 Å². The molecule has 1 aliphatic rings. The summed E-state index contributed by atoms with van der Waals surface area (Å²) in [7, 11) is 0. The fourth-order valence-electron chi connectivity index (χ4n) is 3.74. The molecule has 1 fully saturated rings. The third-order valence-corrected chi connectivity index (χ3v) is 5.47. The Kier molecular flexibility index (Phi) is 5.14. The smallest absolute Gasteiger partial charge is 0.0441 e. The van der Waals surface area contributed by atoms with E-state index in [2.05, 4.69) is 32.9 Å². The third kappa shape index (κ3) is 3.56. The van der Waals surface area contributed by atoms with E-state index in [1.807, 2.05) is 12.1 Å². The molecule has 0 radical (unpaired) electrons. The molecule has 112 valence electrons. The molecule has 20 heavy (non-hydrogen) atoms. The van der Waals surface area contributed by atoms with Crippen molar-refractivity contribution in [1.29, 1.82) is 0 Å². The summed E-state index contributed by atoms with van der Waals surface area (Å²) in [6, 6.07) is 8.20. The predicted molar refractivity (Wildman–Crippen MR) is 88.2 cm³/mol. The Morgan fingerprint density at radius 2 is 1.75 bits per heavy atom. The molecule has 0 spiro atoms. The lowest BCUT2D eigenvalue weighted by molar-refractivity contribution is 0.140. The summed E-state index contributed by atoms with van der Waals surface area (Å²) >= 11 is 6.36. The molecule has 1 aromatic rings. The van der Waals surface area contributed by atoms with Gasteiger partial charge in [-0.1, -0.05) is 50.6 Å². The van der Waals surface area contributed by atoms with Crippen molar-refractivity contribution in [3.8, 4) is 0 Å². The average Bonchev–Trinajstić information content (AvgIpc) is 2.41. The zero-order valence-corrected chi connectivity index (χ0v) is 13.8. The van der Waals surface area contributed by atoms with Gasteiger partial charge in [0.15, 0.2) is 0 Å². The standard InChI is InChI=1S/C18H28ClN/c1-18(2,3)14-10-8-13(9-11-14)16(12-20)15-6-4-5-7-17(15)19/h4-7,13-14,16H,8-12,20H2,1-3H3. The minimum Gasteiger partial charge on any atom is -0.330 e. The molecular formula is C18H28ClN. The highest BCUT2D eigenvalue weighted by Gasteiger charge is 2.33. The molecule has 2 N–H and O–H groups in total. The van der Waals surface area contributed by atoms with Crippen LogP contribution in [0.2, 0.25) is 5.02 Å². The molecule has 0 amide bonds. The monoisotopic (exact) mass is 293 g/mol. The molecule has 1 unspecified atom stereocenters. The van der Waals surface area contributed by atoms with Gasteiger partial charge in [0.1, 0.15) is 0 Å². The fourth-order valence-corrected chi connectivity index (χ4v) is 4.01. The third-order valence-electron chi connectivity index (χ3n) is 5.12. The molecule has 1 nitrogen and oxygen atoms in total. The second-order valence-electron chi connectivity index (χ2n) is 7.34. The van der Waals surface area contributed by atoms with Crippen molar-refractivity contribution in [3.05, 3.63) is 34.9 Å². The van der Waals surface area contributed by atoms with E-state index in [0.717, 1.165) is 10.9 Å². The number of halogens is 1. The summed E-state index contributed by atoms with van der Waals surface area (Å²) in [4.78, 5) is 0. The van der Waals surface area contributed by atoms with Gasteiger partial charge < -0.3 is 5.73 Å². The van der Waals surface area contributed by atoms with Gasteiger partial charge in [-0.3, -0.25) is 0 Å². The van der Waals surface area contributed by atoms with Crippen molar-refractivity contribution >= 4 is 11.6 Å². The molecule has 1 saturated carbocycles. The van der Waals surface area contributed by atoms with Crippen LogP contribution >= 0.6 is 11.6 Å². The van der Waals surface area contributed by atoms with E-state index in [9.17, 15) is 0 Å². The SMILES string of the molecule is CC(C)(C)C1CCC(C(CN)c2ccccc2Cl)CC1. The van der Waals surface area contributed by atoms with Gasteiger partial charge in [-0.2, -0.15) is 0 Å². The van der Waals surface area contributed by atoms with E-state index < -0.39 is 0 Å². The quantitative estimate of drug-likeness (QED) is 0.811. The van der Waals surface area contributed by atoms with Crippen molar-refractivity contribution in [3.63, 3.8) is 0 Å². The second kappa shape index (κ2) is 6.49. The summed E-state index contributed by atoms with van der Waals surface area (Å²) in [5.74, 6) is 1.96. The summed E-state index contributed by atoms with van der Waals surface area (Å²) in [6.45, 7) is 7.81. The van der Waals surface area contributed by atoms with E-state index in [1.54, 1.807) is 0 Å². The lowest BCUT2D eigenvalue weighted by Gasteiger charge is -2.39. The molecule has 0 heterocycles. The highest BCUT2D eigenvalue weighted by molar-refractivity contribution is 6.31. The first-order valence-corrected chi connectivity index (χ1v) is 8.25. The molecule has 0 saturated heterocycles. The van der Waals surface area contributed by atoms with Crippen molar-refractivity contribution in [1.82, 2.24) is 0 Å². The van der Waals surface area contributed by atoms with Crippen LogP contribution in [0.4, 0.5) is 0 Å². The summed E-state index contributed by atoms with van der Waals surface area (Å²) in [5.41, 5.74) is 7.75. The summed E-state index contributed by atoms with van der Waals surface area (Å²) in [6.07, 6.45) is 5.23. The van der Waals surface area contributed by atoms with Gasteiger partial charge in [-0.25, -0.2) is 0 Å². The first-order chi connectivity index (χ1) is 9.43. The molecule has 0 aliphatic heterocycles. The maximum absolute atomic E-state index is 6.36. The van der Waals surface area contributed by atoms with E-state index in [0.29, 0.717) is 23.8 Å². The highest BCUT2D eigenvalue weighted by atomic mass is 35.5. The minimum absolute atomic E-state index is 0.421. The predicted octanol–water partition coefficient (Wildman–Crippen LogP) is 5.23. The van der Waals surface area contributed by atoms with E-state index in [1.165, 1.54) is 31.2 Å². The Labute approximate surface area is 128 Å². The number of hydrogen-bond acceptors (Lipinski definition) is 1. The van der Waals surface area contributed by atoms with E-state index >= 15 is 0 Å². The Hall–Kier alpha value is -0.530. The minimum atomic E-state index is 0.421. The van der Waals surface area contributed by atoms with Crippen LogP contribution in [-0.4, -0.2) is 6.54 Å². The normalized spacial score (nSPS) is 25.4. The summed E-state index contributed by atoms with van der Waals surface area (Å²) < 4.78 is 0. The Balaban J connectivity index is 2.06. The van der Waals surface area contributed by atoms with Gasteiger partial charge in [0, 0.05) is 10.9 Å². The lowest BCUT2D eigenvalue weighted by Crippen LogP contribution is -2.30. The number of rotatable bonds is 3. The van der Waals surface area contributed by atoms with Crippen LogP contribution in [0.15, 0.2) is 24.3 Å². The fraction of sp³-hybridized carbons (Fsp3) is 0.667. The largest absolute Gasteiger partial charge is 0.330 e. The van der Waals surface area contributed by atoms with Gasteiger partial charge in [-0.05, 0) is 61.1 Å². The molecule has 0 bridgehead atoms. The maximum Gasteiger partial charge on any atom is 0.0441 e. The molecule has 1 atom stereocenters. The van der Waals surface area contributed by atoms with Crippen LogP contribution in [0.25, 0.3) is 0 Å². The van der Waals surface area contributed by atoms with Gasteiger partial charge in [0.25, 0.3) is 0 Å².